The fourth-order valence-corrected chi connectivity index (χ4v) is 4.84. The normalized spacial score (nSPS) is 24.3. The predicted octanol–water partition coefficient (Wildman–Crippen LogP) is 0.967. The number of hydrogen-bond acceptors (Lipinski definition) is 5. The van der Waals surface area contributed by atoms with Gasteiger partial charge in [0.05, 0.1) is 11.9 Å². The lowest BCUT2D eigenvalue weighted by Crippen LogP contribution is -2.71. The van der Waals surface area contributed by atoms with Crippen LogP contribution in [0.3, 0.4) is 0 Å². The van der Waals surface area contributed by atoms with Crippen LogP contribution in [0, 0.1) is 5.41 Å². The number of nitrogens with one attached hydrogen (secondary N) is 1. The van der Waals surface area contributed by atoms with E-state index in [2.05, 4.69) is 15.3 Å². The molecule has 1 saturated carbocycles. The summed E-state index contributed by atoms with van der Waals surface area (Å²) in [7, 11) is -3.88. The van der Waals surface area contributed by atoms with Gasteiger partial charge in [0.1, 0.15) is 0 Å². The molecule has 1 aromatic rings. The lowest BCUT2D eigenvalue weighted by Gasteiger charge is -2.54. The molecule has 1 N–H and O–H groups in total. The Morgan fingerprint density at radius 1 is 1.26 bits per heavy atom. The maximum atomic E-state index is 12.8. The van der Waals surface area contributed by atoms with E-state index in [-0.39, 0.29) is 22.1 Å². The van der Waals surface area contributed by atoms with E-state index in [0.29, 0.717) is 32.1 Å². The third-order valence-corrected chi connectivity index (χ3v) is 6.37. The molecule has 126 valence electrons. The van der Waals surface area contributed by atoms with Crippen LogP contribution in [0.5, 0.6) is 0 Å². The predicted molar refractivity (Wildman–Crippen MR) is 73.1 cm³/mol. The third kappa shape index (κ3) is 2.43. The zero-order chi connectivity index (χ0) is 16.5. The maximum absolute atomic E-state index is 12.8. The van der Waals surface area contributed by atoms with Crippen LogP contribution < -0.4 is 5.32 Å². The Bertz CT molecular complexity index is 749. The largest absolute Gasteiger partial charge is 0.434 e. The average molecular weight is 348 g/mol. The minimum Gasteiger partial charge on any atom is -0.315 e. The van der Waals surface area contributed by atoms with Crippen molar-refractivity contribution in [2.45, 2.75) is 30.0 Å². The summed E-state index contributed by atoms with van der Waals surface area (Å²) in [6, 6.07) is 0. The van der Waals surface area contributed by atoms with Gasteiger partial charge >= 0.3 is 6.18 Å². The van der Waals surface area contributed by atoms with E-state index >= 15 is 0 Å². The summed E-state index contributed by atoms with van der Waals surface area (Å²) in [5.74, 6) is -0.241. The molecular formula is C13H15F3N4O2S. The first-order valence-electron chi connectivity index (χ1n) is 7.36. The Balaban J connectivity index is 1.68. The molecule has 0 aromatic carbocycles. The monoisotopic (exact) mass is 348 g/mol. The summed E-state index contributed by atoms with van der Waals surface area (Å²) in [5.41, 5.74) is -1.18. The quantitative estimate of drug-likeness (QED) is 0.881. The topological polar surface area (TPSA) is 75.2 Å². The standard InChI is InChI=1S/C13H15F3N4O2S/c14-13(15,16)9-3-18-11(10(19-9)8-1-2-8)23(21,22)20-6-12(7-20)4-17-5-12/h3,8,17H,1-2,4-7H2. The molecule has 0 amide bonds. The molecule has 23 heavy (non-hydrogen) atoms. The summed E-state index contributed by atoms with van der Waals surface area (Å²) in [6.07, 6.45) is -2.82. The molecule has 4 rings (SSSR count). The van der Waals surface area contributed by atoms with Crippen molar-refractivity contribution in [2.75, 3.05) is 26.2 Å². The number of alkyl halides is 3. The molecule has 1 aromatic heterocycles. The fraction of sp³-hybridized carbons (Fsp3) is 0.692. The highest BCUT2D eigenvalue weighted by atomic mass is 32.2. The van der Waals surface area contributed by atoms with E-state index in [1.165, 1.54) is 4.31 Å². The number of hydrogen-bond donors (Lipinski definition) is 1. The molecule has 0 atom stereocenters. The van der Waals surface area contributed by atoms with Crippen molar-refractivity contribution in [2.24, 2.45) is 5.41 Å². The van der Waals surface area contributed by atoms with Gasteiger partial charge in [0.2, 0.25) is 0 Å². The molecule has 2 aliphatic heterocycles. The number of halogens is 3. The second-order valence-electron chi connectivity index (χ2n) is 6.59. The van der Waals surface area contributed by atoms with Crippen LogP contribution in [0.4, 0.5) is 13.2 Å². The van der Waals surface area contributed by atoms with Gasteiger partial charge in [-0.15, -0.1) is 0 Å². The van der Waals surface area contributed by atoms with Gasteiger partial charge in [-0.25, -0.2) is 18.4 Å². The summed E-state index contributed by atoms with van der Waals surface area (Å²) >= 11 is 0. The van der Waals surface area contributed by atoms with Crippen molar-refractivity contribution in [3.63, 3.8) is 0 Å². The summed E-state index contributed by atoms with van der Waals surface area (Å²) in [6.45, 7) is 2.31. The van der Waals surface area contributed by atoms with Gasteiger partial charge in [0.25, 0.3) is 10.0 Å². The van der Waals surface area contributed by atoms with Gasteiger partial charge < -0.3 is 5.32 Å². The Kier molecular flexibility index (Phi) is 3.08. The molecule has 1 spiro atoms. The van der Waals surface area contributed by atoms with Crippen molar-refractivity contribution in [3.05, 3.63) is 17.6 Å². The van der Waals surface area contributed by atoms with Crippen LogP contribution in [0.15, 0.2) is 11.2 Å². The molecule has 3 heterocycles. The van der Waals surface area contributed by atoms with Crippen molar-refractivity contribution in [1.29, 1.82) is 0 Å². The number of sulfonamides is 1. The first kappa shape index (κ1) is 15.3. The molecular weight excluding hydrogens is 333 g/mol. The Hall–Kier alpha value is -1.26. The fourth-order valence-electron chi connectivity index (χ4n) is 3.05. The van der Waals surface area contributed by atoms with Crippen molar-refractivity contribution >= 4 is 10.0 Å². The smallest absolute Gasteiger partial charge is 0.315 e. The first-order chi connectivity index (χ1) is 10.7. The second-order valence-corrected chi connectivity index (χ2v) is 8.45. The Morgan fingerprint density at radius 3 is 2.39 bits per heavy atom. The van der Waals surface area contributed by atoms with Gasteiger partial charge in [0, 0.05) is 37.5 Å². The maximum Gasteiger partial charge on any atom is 0.434 e. The molecule has 10 heteroatoms. The average Bonchev–Trinajstić information content (AvgIpc) is 3.17. The summed E-state index contributed by atoms with van der Waals surface area (Å²) < 4.78 is 65.0. The molecule has 2 saturated heterocycles. The third-order valence-electron chi connectivity index (χ3n) is 4.63. The van der Waals surface area contributed by atoms with Crippen molar-refractivity contribution in [1.82, 2.24) is 19.6 Å². The van der Waals surface area contributed by atoms with Crippen LogP contribution >= 0.6 is 0 Å². The van der Waals surface area contributed by atoms with Gasteiger partial charge in [-0.3, -0.25) is 0 Å². The first-order valence-corrected chi connectivity index (χ1v) is 8.80. The molecule has 0 radical (unpaired) electrons. The van der Waals surface area contributed by atoms with Gasteiger partial charge in [-0.05, 0) is 12.8 Å². The Labute approximate surface area is 131 Å². The van der Waals surface area contributed by atoms with Gasteiger partial charge in [-0.1, -0.05) is 0 Å². The van der Waals surface area contributed by atoms with Crippen LogP contribution in [0.1, 0.15) is 30.1 Å². The van der Waals surface area contributed by atoms with E-state index in [1.807, 2.05) is 0 Å². The molecule has 1 aliphatic carbocycles. The minimum absolute atomic E-state index is 0.00778. The number of aromatic nitrogens is 2. The summed E-state index contributed by atoms with van der Waals surface area (Å²) in [5, 5.41) is 2.79. The van der Waals surface area contributed by atoms with E-state index in [9.17, 15) is 21.6 Å². The van der Waals surface area contributed by atoms with E-state index in [1.54, 1.807) is 0 Å². The molecule has 3 aliphatic rings. The summed E-state index contributed by atoms with van der Waals surface area (Å²) in [4.78, 5) is 7.22. The van der Waals surface area contributed by atoms with E-state index in [4.69, 9.17) is 0 Å². The zero-order valence-corrected chi connectivity index (χ0v) is 12.9. The van der Waals surface area contributed by atoms with E-state index < -0.39 is 21.9 Å². The zero-order valence-electron chi connectivity index (χ0n) is 12.1. The lowest BCUT2D eigenvalue weighted by molar-refractivity contribution is -0.141. The second kappa shape index (κ2) is 4.64. The Morgan fingerprint density at radius 2 is 1.91 bits per heavy atom. The van der Waals surface area contributed by atoms with Crippen molar-refractivity contribution < 1.29 is 21.6 Å². The van der Waals surface area contributed by atoms with Crippen LogP contribution in [0.2, 0.25) is 0 Å². The van der Waals surface area contributed by atoms with Gasteiger partial charge in [0.15, 0.2) is 10.7 Å². The van der Waals surface area contributed by atoms with Gasteiger partial charge in [-0.2, -0.15) is 17.5 Å². The van der Waals surface area contributed by atoms with Crippen LogP contribution in [0.25, 0.3) is 0 Å². The molecule has 3 fully saturated rings. The molecule has 0 bridgehead atoms. The highest BCUT2D eigenvalue weighted by molar-refractivity contribution is 7.89. The van der Waals surface area contributed by atoms with Crippen LogP contribution in [-0.4, -0.2) is 48.9 Å². The number of nitrogens with zero attached hydrogens (tertiary/aromatic N) is 3. The molecule has 0 unspecified atom stereocenters. The SMILES string of the molecule is O=S(=O)(c1ncc(C(F)(F)F)nc1C1CC1)N1CC2(CNC2)C1. The highest BCUT2D eigenvalue weighted by Crippen LogP contribution is 2.44. The lowest BCUT2D eigenvalue weighted by atomic mass is 9.76. The highest BCUT2D eigenvalue weighted by Gasteiger charge is 2.53. The number of rotatable bonds is 3. The minimum atomic E-state index is -4.63. The van der Waals surface area contributed by atoms with Crippen molar-refractivity contribution in [3.8, 4) is 0 Å². The molecule has 6 nitrogen and oxygen atoms in total. The van der Waals surface area contributed by atoms with E-state index in [0.717, 1.165) is 13.1 Å². The van der Waals surface area contributed by atoms with Crippen LogP contribution in [-0.2, 0) is 16.2 Å².